The standard InChI is InChI=1S/C28H41N7O2/c36-28(29-12-17-33-18-20-37-21-19-33)24-8-15-35(16-9-24)27-7-6-26(31-32-27)30-25-10-13-34(14-11-25)22-23-4-2-1-3-5-23/h1-7,24-25H,8-22H2,(H,29,36)(H,30,31). The van der Waals surface area contributed by atoms with Crippen molar-refractivity contribution < 1.29 is 9.53 Å². The third-order valence-corrected chi connectivity index (χ3v) is 7.86. The van der Waals surface area contributed by atoms with Gasteiger partial charge in [-0.2, -0.15) is 0 Å². The number of hydrogen-bond donors (Lipinski definition) is 2. The van der Waals surface area contributed by atoms with Crippen molar-refractivity contribution in [3.63, 3.8) is 0 Å². The number of nitrogens with zero attached hydrogens (tertiary/aromatic N) is 5. The summed E-state index contributed by atoms with van der Waals surface area (Å²) in [5, 5.41) is 15.7. The number of morpholine rings is 1. The van der Waals surface area contributed by atoms with Crippen molar-refractivity contribution in [2.24, 2.45) is 5.92 Å². The number of nitrogens with one attached hydrogen (secondary N) is 2. The fourth-order valence-corrected chi connectivity index (χ4v) is 5.53. The summed E-state index contributed by atoms with van der Waals surface area (Å²) in [5.74, 6) is 2.02. The molecule has 200 valence electrons. The van der Waals surface area contributed by atoms with Crippen molar-refractivity contribution in [2.45, 2.75) is 38.3 Å². The number of carbonyl (C=O) groups is 1. The van der Waals surface area contributed by atoms with E-state index in [-0.39, 0.29) is 11.8 Å². The number of rotatable bonds is 9. The molecule has 3 saturated heterocycles. The van der Waals surface area contributed by atoms with Crippen molar-refractivity contribution in [2.75, 3.05) is 75.8 Å². The van der Waals surface area contributed by atoms with Gasteiger partial charge in [0.2, 0.25) is 5.91 Å². The summed E-state index contributed by atoms with van der Waals surface area (Å²) in [6.45, 7) is 9.99. The Hall–Kier alpha value is -2.75. The van der Waals surface area contributed by atoms with E-state index in [1.54, 1.807) is 0 Å². The zero-order valence-corrected chi connectivity index (χ0v) is 21.9. The largest absolute Gasteiger partial charge is 0.379 e. The van der Waals surface area contributed by atoms with E-state index in [0.29, 0.717) is 12.6 Å². The minimum Gasteiger partial charge on any atom is -0.379 e. The van der Waals surface area contributed by atoms with E-state index in [9.17, 15) is 4.79 Å². The van der Waals surface area contributed by atoms with Crippen LogP contribution >= 0.6 is 0 Å². The molecule has 4 heterocycles. The summed E-state index contributed by atoms with van der Waals surface area (Å²) in [4.78, 5) is 19.7. The lowest BCUT2D eigenvalue weighted by Crippen LogP contribution is -2.44. The Morgan fingerprint density at radius 3 is 2.32 bits per heavy atom. The van der Waals surface area contributed by atoms with E-state index in [4.69, 9.17) is 4.74 Å². The van der Waals surface area contributed by atoms with Gasteiger partial charge >= 0.3 is 0 Å². The summed E-state index contributed by atoms with van der Waals surface area (Å²) in [7, 11) is 0. The molecule has 5 rings (SSSR count). The summed E-state index contributed by atoms with van der Waals surface area (Å²) < 4.78 is 5.38. The molecule has 2 aromatic rings. The van der Waals surface area contributed by atoms with Crippen molar-refractivity contribution in [1.29, 1.82) is 0 Å². The fraction of sp³-hybridized carbons (Fsp3) is 0.607. The normalized spacial score (nSPS) is 20.6. The van der Waals surface area contributed by atoms with Crippen LogP contribution in [0.4, 0.5) is 11.6 Å². The van der Waals surface area contributed by atoms with Gasteiger partial charge in [-0.15, -0.1) is 10.2 Å². The van der Waals surface area contributed by atoms with Crippen LogP contribution < -0.4 is 15.5 Å². The quantitative estimate of drug-likeness (QED) is 0.535. The highest BCUT2D eigenvalue weighted by Gasteiger charge is 2.26. The van der Waals surface area contributed by atoms with Gasteiger partial charge in [0.1, 0.15) is 5.82 Å². The van der Waals surface area contributed by atoms with Crippen molar-refractivity contribution in [3.8, 4) is 0 Å². The molecule has 0 atom stereocenters. The number of ether oxygens (including phenoxy) is 1. The first-order valence-electron chi connectivity index (χ1n) is 13.9. The van der Waals surface area contributed by atoms with E-state index < -0.39 is 0 Å². The van der Waals surface area contributed by atoms with Crippen LogP contribution in [-0.2, 0) is 16.1 Å². The first-order valence-corrected chi connectivity index (χ1v) is 13.9. The third-order valence-electron chi connectivity index (χ3n) is 7.86. The number of carbonyl (C=O) groups excluding carboxylic acids is 1. The number of anilines is 2. The van der Waals surface area contributed by atoms with Crippen LogP contribution in [0, 0.1) is 5.92 Å². The number of piperidine rings is 2. The number of benzene rings is 1. The Morgan fingerprint density at radius 1 is 0.865 bits per heavy atom. The molecule has 3 aliphatic heterocycles. The van der Waals surface area contributed by atoms with Gasteiger partial charge in [0.05, 0.1) is 13.2 Å². The van der Waals surface area contributed by atoms with Crippen LogP contribution in [0.5, 0.6) is 0 Å². The molecule has 0 spiro atoms. The molecule has 0 saturated carbocycles. The van der Waals surface area contributed by atoms with Crippen molar-refractivity contribution >= 4 is 17.5 Å². The summed E-state index contributed by atoms with van der Waals surface area (Å²) >= 11 is 0. The zero-order chi connectivity index (χ0) is 25.3. The molecule has 0 bridgehead atoms. The molecule has 0 radical (unpaired) electrons. The van der Waals surface area contributed by atoms with Crippen LogP contribution in [0.3, 0.4) is 0 Å². The highest BCUT2D eigenvalue weighted by atomic mass is 16.5. The summed E-state index contributed by atoms with van der Waals surface area (Å²) in [6, 6.07) is 15.2. The molecule has 0 unspecified atom stereocenters. The average Bonchev–Trinajstić information content (AvgIpc) is 2.96. The molecule has 2 N–H and O–H groups in total. The highest BCUT2D eigenvalue weighted by Crippen LogP contribution is 2.23. The molecular weight excluding hydrogens is 466 g/mol. The Kier molecular flexibility index (Phi) is 9.21. The van der Waals surface area contributed by atoms with Gasteiger partial charge in [0, 0.05) is 70.9 Å². The number of aromatic nitrogens is 2. The predicted molar refractivity (Wildman–Crippen MR) is 146 cm³/mol. The minimum absolute atomic E-state index is 0.0857. The SMILES string of the molecule is O=C(NCCN1CCOCC1)C1CCN(c2ccc(NC3CCN(Cc4ccccc4)CC3)nn2)CC1. The third kappa shape index (κ3) is 7.63. The lowest BCUT2D eigenvalue weighted by atomic mass is 9.96. The maximum Gasteiger partial charge on any atom is 0.223 e. The molecular formula is C28H41N7O2. The van der Waals surface area contributed by atoms with E-state index in [2.05, 4.69) is 71.9 Å². The van der Waals surface area contributed by atoms with Crippen molar-refractivity contribution in [3.05, 3.63) is 48.0 Å². The Labute approximate surface area is 220 Å². The second-order valence-corrected chi connectivity index (χ2v) is 10.5. The average molecular weight is 508 g/mol. The first-order chi connectivity index (χ1) is 18.2. The van der Waals surface area contributed by atoms with Crippen LogP contribution in [0.15, 0.2) is 42.5 Å². The smallest absolute Gasteiger partial charge is 0.223 e. The number of likely N-dealkylation sites (tertiary alicyclic amines) is 1. The van der Waals surface area contributed by atoms with E-state index in [1.807, 2.05) is 6.07 Å². The van der Waals surface area contributed by atoms with Gasteiger partial charge in [0.25, 0.3) is 0 Å². The van der Waals surface area contributed by atoms with Gasteiger partial charge in [-0.3, -0.25) is 14.6 Å². The molecule has 9 nitrogen and oxygen atoms in total. The lowest BCUT2D eigenvalue weighted by Gasteiger charge is -2.33. The van der Waals surface area contributed by atoms with E-state index in [1.165, 1.54) is 5.56 Å². The molecule has 3 aliphatic rings. The maximum absolute atomic E-state index is 12.6. The van der Waals surface area contributed by atoms with Crippen LogP contribution in [0.25, 0.3) is 0 Å². The molecule has 37 heavy (non-hydrogen) atoms. The topological polar surface area (TPSA) is 85.9 Å². The number of hydrogen-bond acceptors (Lipinski definition) is 8. The molecule has 1 amide bonds. The van der Waals surface area contributed by atoms with Gasteiger partial charge in [-0.25, -0.2) is 0 Å². The van der Waals surface area contributed by atoms with E-state index >= 15 is 0 Å². The van der Waals surface area contributed by atoms with Crippen LogP contribution in [-0.4, -0.2) is 97.5 Å². The summed E-state index contributed by atoms with van der Waals surface area (Å²) in [6.07, 6.45) is 3.93. The van der Waals surface area contributed by atoms with Gasteiger partial charge in [-0.05, 0) is 43.4 Å². The Balaban J connectivity index is 0.996. The highest BCUT2D eigenvalue weighted by molar-refractivity contribution is 5.79. The minimum atomic E-state index is 0.0857. The zero-order valence-electron chi connectivity index (χ0n) is 21.9. The maximum atomic E-state index is 12.6. The monoisotopic (exact) mass is 507 g/mol. The van der Waals surface area contributed by atoms with Gasteiger partial charge < -0.3 is 20.3 Å². The van der Waals surface area contributed by atoms with E-state index in [0.717, 1.165) is 103 Å². The van der Waals surface area contributed by atoms with Crippen LogP contribution in [0.1, 0.15) is 31.2 Å². The molecule has 3 fully saturated rings. The number of amides is 1. The van der Waals surface area contributed by atoms with Crippen LogP contribution in [0.2, 0.25) is 0 Å². The summed E-state index contributed by atoms with van der Waals surface area (Å²) in [5.41, 5.74) is 1.38. The fourth-order valence-electron chi connectivity index (χ4n) is 5.53. The second-order valence-electron chi connectivity index (χ2n) is 10.5. The van der Waals surface area contributed by atoms with Gasteiger partial charge in [0.15, 0.2) is 5.82 Å². The molecule has 9 heteroatoms. The molecule has 1 aromatic carbocycles. The predicted octanol–water partition coefficient (Wildman–Crippen LogP) is 2.22. The lowest BCUT2D eigenvalue weighted by molar-refractivity contribution is -0.125. The Bertz CT molecular complexity index is 952. The van der Waals surface area contributed by atoms with Crippen molar-refractivity contribution in [1.82, 2.24) is 25.3 Å². The second kappa shape index (κ2) is 13.2. The molecule has 1 aromatic heterocycles. The Morgan fingerprint density at radius 2 is 1.62 bits per heavy atom. The van der Waals surface area contributed by atoms with Gasteiger partial charge in [-0.1, -0.05) is 30.3 Å². The first kappa shape index (κ1) is 25.9. The molecule has 0 aliphatic carbocycles.